The van der Waals surface area contributed by atoms with E-state index in [9.17, 15) is 9.59 Å². The topological polar surface area (TPSA) is 71.5 Å². The zero-order valence-corrected chi connectivity index (χ0v) is 14.6. The zero-order chi connectivity index (χ0) is 18.5. The van der Waals surface area contributed by atoms with Gasteiger partial charge in [-0.3, -0.25) is 9.59 Å². The molecule has 0 aliphatic rings. The molecule has 6 heteroatoms. The molecule has 26 heavy (non-hydrogen) atoms. The maximum atomic E-state index is 12.7. The van der Waals surface area contributed by atoms with E-state index in [1.807, 2.05) is 42.5 Å². The number of likely N-dealkylation sites (N-methyl/N-ethyl adjacent to an activating group) is 1. The summed E-state index contributed by atoms with van der Waals surface area (Å²) in [5, 5.41) is 4.43. The fourth-order valence-corrected chi connectivity index (χ4v) is 2.64. The van der Waals surface area contributed by atoms with Gasteiger partial charge in [0.1, 0.15) is 5.69 Å². The van der Waals surface area contributed by atoms with Gasteiger partial charge in [0, 0.05) is 18.1 Å². The number of nitrogens with zero attached hydrogens (tertiary/aromatic N) is 2. The Kier molecular flexibility index (Phi) is 5.12. The maximum absolute atomic E-state index is 12.7. The van der Waals surface area contributed by atoms with Crippen LogP contribution in [0, 0.1) is 0 Å². The number of pyridine rings is 1. The molecule has 0 bridgehead atoms. The van der Waals surface area contributed by atoms with E-state index in [0.717, 1.165) is 10.8 Å². The lowest BCUT2D eigenvalue weighted by molar-refractivity contribution is -0.116. The highest BCUT2D eigenvalue weighted by molar-refractivity contribution is 6.01. The number of hydrogen-bond donors (Lipinski definition) is 1. The number of benzene rings is 2. The summed E-state index contributed by atoms with van der Waals surface area (Å²) in [5.41, 5.74) is 0.916. The standard InChI is InChI=1S/C20H19N3O3/c1-23(13-18(24)21-15-9-4-3-5-10-15)20(25)17-12-14-8-6-7-11-16(14)19(22-17)26-2/h3-12H,13H2,1-2H3,(H,21,24). The van der Waals surface area contributed by atoms with Gasteiger partial charge >= 0.3 is 0 Å². The molecule has 2 amide bonds. The van der Waals surface area contributed by atoms with Gasteiger partial charge in [-0.1, -0.05) is 36.4 Å². The lowest BCUT2D eigenvalue weighted by Gasteiger charge is -2.17. The Labute approximate surface area is 151 Å². The molecule has 0 spiro atoms. The van der Waals surface area contributed by atoms with Gasteiger partial charge in [-0.05, 0) is 29.7 Å². The third-order valence-corrected chi connectivity index (χ3v) is 3.90. The number of aromatic nitrogens is 1. The number of carbonyl (C=O) groups excluding carboxylic acids is 2. The minimum absolute atomic E-state index is 0.0788. The number of nitrogens with one attached hydrogen (secondary N) is 1. The second-order valence-electron chi connectivity index (χ2n) is 5.81. The van der Waals surface area contributed by atoms with Crippen LogP contribution in [0.25, 0.3) is 10.8 Å². The summed E-state index contributed by atoms with van der Waals surface area (Å²) in [6.45, 7) is -0.0788. The van der Waals surface area contributed by atoms with Crippen molar-refractivity contribution in [3.05, 3.63) is 66.4 Å². The van der Waals surface area contributed by atoms with E-state index < -0.39 is 0 Å². The normalized spacial score (nSPS) is 10.4. The van der Waals surface area contributed by atoms with Gasteiger partial charge in [0.05, 0.1) is 13.7 Å². The summed E-state index contributed by atoms with van der Waals surface area (Å²) < 4.78 is 5.30. The maximum Gasteiger partial charge on any atom is 0.272 e. The van der Waals surface area contributed by atoms with E-state index in [4.69, 9.17) is 4.74 Å². The van der Waals surface area contributed by atoms with Gasteiger partial charge in [0.25, 0.3) is 5.91 Å². The molecule has 6 nitrogen and oxygen atoms in total. The van der Waals surface area contributed by atoms with Crippen LogP contribution in [0.1, 0.15) is 10.5 Å². The number of amides is 2. The van der Waals surface area contributed by atoms with Crippen LogP contribution in [0.15, 0.2) is 60.7 Å². The highest BCUT2D eigenvalue weighted by Gasteiger charge is 2.18. The van der Waals surface area contributed by atoms with Crippen molar-refractivity contribution >= 4 is 28.3 Å². The number of para-hydroxylation sites is 1. The van der Waals surface area contributed by atoms with Crippen LogP contribution in [0.3, 0.4) is 0 Å². The number of hydrogen-bond acceptors (Lipinski definition) is 4. The van der Waals surface area contributed by atoms with Crippen LogP contribution >= 0.6 is 0 Å². The lowest BCUT2D eigenvalue weighted by Crippen LogP contribution is -2.35. The van der Waals surface area contributed by atoms with Gasteiger partial charge < -0.3 is 15.0 Å². The second kappa shape index (κ2) is 7.65. The minimum atomic E-state index is -0.350. The largest absolute Gasteiger partial charge is 0.481 e. The molecule has 0 fully saturated rings. The molecule has 0 unspecified atom stereocenters. The molecule has 3 rings (SSSR count). The number of rotatable bonds is 5. The first-order valence-electron chi connectivity index (χ1n) is 8.12. The zero-order valence-electron chi connectivity index (χ0n) is 14.6. The third-order valence-electron chi connectivity index (χ3n) is 3.90. The van der Waals surface area contributed by atoms with Crippen LogP contribution in [0.5, 0.6) is 5.88 Å². The van der Waals surface area contributed by atoms with E-state index in [-0.39, 0.29) is 24.1 Å². The van der Waals surface area contributed by atoms with Gasteiger partial charge in [-0.2, -0.15) is 0 Å². The first-order chi connectivity index (χ1) is 12.6. The van der Waals surface area contributed by atoms with Crippen LogP contribution < -0.4 is 10.1 Å². The molecule has 1 N–H and O–H groups in total. The summed E-state index contributed by atoms with van der Waals surface area (Å²) in [4.78, 5) is 30.4. The Morgan fingerprint density at radius 1 is 1.08 bits per heavy atom. The highest BCUT2D eigenvalue weighted by atomic mass is 16.5. The third kappa shape index (κ3) is 3.80. The molecule has 0 saturated carbocycles. The Balaban J connectivity index is 1.76. The van der Waals surface area contributed by atoms with Crippen molar-refractivity contribution in [1.82, 2.24) is 9.88 Å². The van der Waals surface area contributed by atoms with E-state index >= 15 is 0 Å². The van der Waals surface area contributed by atoms with E-state index in [0.29, 0.717) is 11.6 Å². The van der Waals surface area contributed by atoms with Gasteiger partial charge in [0.2, 0.25) is 11.8 Å². The average molecular weight is 349 g/mol. The summed E-state index contributed by atoms with van der Waals surface area (Å²) in [6.07, 6.45) is 0. The summed E-state index contributed by atoms with van der Waals surface area (Å²) >= 11 is 0. The van der Waals surface area contributed by atoms with Crippen molar-refractivity contribution in [3.63, 3.8) is 0 Å². The van der Waals surface area contributed by atoms with Crippen LogP contribution in [0.2, 0.25) is 0 Å². The number of ether oxygens (including phenoxy) is 1. The van der Waals surface area contributed by atoms with Crippen molar-refractivity contribution in [2.75, 3.05) is 26.0 Å². The Bertz CT molecular complexity index is 941. The quantitative estimate of drug-likeness (QED) is 0.769. The van der Waals surface area contributed by atoms with E-state index in [2.05, 4.69) is 10.3 Å². The molecule has 2 aromatic carbocycles. The molecule has 3 aromatic rings. The fourth-order valence-electron chi connectivity index (χ4n) is 2.64. The first kappa shape index (κ1) is 17.4. The molecule has 1 aromatic heterocycles. The minimum Gasteiger partial charge on any atom is -0.481 e. The molecule has 132 valence electrons. The van der Waals surface area contributed by atoms with Crippen LogP contribution in [-0.4, -0.2) is 42.4 Å². The van der Waals surface area contributed by atoms with E-state index in [1.165, 1.54) is 12.0 Å². The van der Waals surface area contributed by atoms with Crippen LogP contribution in [0.4, 0.5) is 5.69 Å². The predicted molar refractivity (Wildman–Crippen MR) is 100 cm³/mol. The number of methoxy groups -OCH3 is 1. The SMILES string of the molecule is COc1nc(C(=O)N(C)CC(=O)Nc2ccccc2)cc2ccccc12. The Hall–Kier alpha value is -3.41. The van der Waals surface area contributed by atoms with Gasteiger partial charge in [0.15, 0.2) is 0 Å². The number of carbonyl (C=O) groups is 2. The van der Waals surface area contributed by atoms with E-state index in [1.54, 1.807) is 25.2 Å². The molecule has 0 aliphatic carbocycles. The van der Waals surface area contributed by atoms with Crippen LogP contribution in [-0.2, 0) is 4.79 Å². The highest BCUT2D eigenvalue weighted by Crippen LogP contribution is 2.24. The number of anilines is 1. The lowest BCUT2D eigenvalue weighted by atomic mass is 10.1. The molecule has 1 heterocycles. The Morgan fingerprint density at radius 3 is 2.50 bits per heavy atom. The van der Waals surface area contributed by atoms with Crippen molar-refractivity contribution in [2.45, 2.75) is 0 Å². The summed E-state index contributed by atoms with van der Waals surface area (Å²) in [6, 6.07) is 18.3. The molecule has 0 atom stereocenters. The summed E-state index contributed by atoms with van der Waals surface area (Å²) in [5.74, 6) is -0.245. The van der Waals surface area contributed by atoms with Crippen molar-refractivity contribution < 1.29 is 14.3 Å². The van der Waals surface area contributed by atoms with Crippen molar-refractivity contribution in [2.24, 2.45) is 0 Å². The molecule has 0 radical (unpaired) electrons. The Morgan fingerprint density at radius 2 is 1.77 bits per heavy atom. The van der Waals surface area contributed by atoms with Gasteiger partial charge in [-0.25, -0.2) is 4.98 Å². The molecular formula is C20H19N3O3. The predicted octanol–water partition coefficient (Wildman–Crippen LogP) is 2.95. The molecule has 0 saturated heterocycles. The first-order valence-corrected chi connectivity index (χ1v) is 8.12. The molecule has 0 aliphatic heterocycles. The second-order valence-corrected chi connectivity index (χ2v) is 5.81. The van der Waals surface area contributed by atoms with Gasteiger partial charge in [-0.15, -0.1) is 0 Å². The number of fused-ring (bicyclic) bond motifs is 1. The fraction of sp³-hybridized carbons (Fsp3) is 0.150. The smallest absolute Gasteiger partial charge is 0.272 e. The molecular weight excluding hydrogens is 330 g/mol. The van der Waals surface area contributed by atoms with Crippen molar-refractivity contribution in [3.8, 4) is 5.88 Å². The summed E-state index contributed by atoms with van der Waals surface area (Å²) in [7, 11) is 3.08. The monoisotopic (exact) mass is 349 g/mol. The average Bonchev–Trinajstić information content (AvgIpc) is 2.67. The van der Waals surface area contributed by atoms with Crippen molar-refractivity contribution in [1.29, 1.82) is 0 Å².